The average Bonchev–Trinajstić information content (AvgIpc) is 1.89. The number of hydrogen-bond donors (Lipinski definition) is 2. The van der Waals surface area contributed by atoms with Crippen LogP contribution in [0.3, 0.4) is 0 Å². The van der Waals surface area contributed by atoms with Crippen LogP contribution in [0.2, 0.25) is 0 Å². The second-order valence-corrected chi connectivity index (χ2v) is 0.658. The molecule has 0 heterocycles. The molecule has 0 amide bonds. The van der Waals surface area contributed by atoms with Crippen LogP contribution in [0.25, 0.3) is 0 Å². The van der Waals surface area contributed by atoms with Gasteiger partial charge in [0.2, 0.25) is 0 Å². The summed E-state index contributed by atoms with van der Waals surface area (Å²) in [6.45, 7) is 0. The monoisotopic (exact) mass is 351 g/mol. The number of rotatable bonds is 2. The summed E-state index contributed by atoms with van der Waals surface area (Å²) < 4.78 is 0. The molecule has 0 aromatic heterocycles. The Hall–Kier alpha value is -0.992. The molecule has 0 aromatic carbocycles. The van der Waals surface area contributed by atoms with Gasteiger partial charge in [0.05, 0.1) is 0 Å². The molecular formula is H4N4O6Pt. The molecule has 0 aliphatic carbocycles. The van der Waals surface area contributed by atoms with Crippen molar-refractivity contribution >= 4 is 0 Å². The van der Waals surface area contributed by atoms with Crippen molar-refractivity contribution in [3.63, 3.8) is 0 Å². The quantitative estimate of drug-likeness (QED) is 0.433. The molecule has 0 rings (SSSR count). The van der Waals surface area contributed by atoms with Crippen molar-refractivity contribution in [2.45, 2.75) is 0 Å². The molecule has 0 radical (unpaired) electrons. The first kappa shape index (κ1) is 16.5. The zero-order valence-corrected chi connectivity index (χ0v) is 7.09. The molecular weight excluding hydrogens is 347 g/mol. The van der Waals surface area contributed by atoms with Gasteiger partial charge in [-0.2, -0.15) is 11.8 Å². The van der Waals surface area contributed by atoms with Crippen molar-refractivity contribution in [1.29, 1.82) is 0 Å². The zero-order valence-electron chi connectivity index (χ0n) is 4.81. The minimum absolute atomic E-state index is 0. The maximum Gasteiger partial charge on any atom is 0.311 e. The SMILES string of the molecule is NO[N+](=O)[O-].NO[N+](=O)[O-].[Pt]. The van der Waals surface area contributed by atoms with Crippen LogP contribution in [0, 0.1) is 20.2 Å². The van der Waals surface area contributed by atoms with Crippen LogP contribution in [-0.4, -0.2) is 10.2 Å². The second kappa shape index (κ2) is 11.8. The minimum atomic E-state index is -1.10. The Morgan fingerprint density at radius 1 is 1.00 bits per heavy atom. The van der Waals surface area contributed by atoms with Crippen molar-refractivity contribution in [3.05, 3.63) is 20.2 Å². The minimum Gasteiger partial charge on any atom is -0.223 e. The van der Waals surface area contributed by atoms with Crippen LogP contribution in [0.5, 0.6) is 0 Å². The summed E-state index contributed by atoms with van der Waals surface area (Å²) in [5.74, 6) is 7.94. The Bertz CT molecular complexity index is 99.1. The molecule has 0 saturated heterocycles. The summed E-state index contributed by atoms with van der Waals surface area (Å²) in [4.78, 5) is 23.6. The molecule has 0 saturated carbocycles. The fourth-order valence-corrected chi connectivity index (χ4v) is 0. The Labute approximate surface area is 73.8 Å². The van der Waals surface area contributed by atoms with Gasteiger partial charge in [0.1, 0.15) is 0 Å². The summed E-state index contributed by atoms with van der Waals surface area (Å²) in [5.41, 5.74) is 0. The van der Waals surface area contributed by atoms with Gasteiger partial charge in [-0.25, -0.2) is 9.88 Å². The van der Waals surface area contributed by atoms with Crippen LogP contribution in [0.1, 0.15) is 0 Å². The van der Waals surface area contributed by atoms with Crippen molar-refractivity contribution in [2.24, 2.45) is 11.8 Å². The third-order valence-corrected chi connectivity index (χ3v) is 0.172. The summed E-state index contributed by atoms with van der Waals surface area (Å²) in [7, 11) is 0. The molecule has 0 aliphatic heterocycles. The first-order valence-electron chi connectivity index (χ1n) is 1.57. The molecule has 0 aromatic rings. The average molecular weight is 351 g/mol. The number of nitrogens with two attached hydrogens (primary N) is 2. The Morgan fingerprint density at radius 3 is 1.09 bits per heavy atom. The van der Waals surface area contributed by atoms with E-state index in [2.05, 4.69) is 21.7 Å². The maximum atomic E-state index is 8.83. The van der Waals surface area contributed by atoms with E-state index in [0.29, 0.717) is 0 Å². The molecule has 0 unspecified atom stereocenters. The van der Waals surface area contributed by atoms with Crippen LogP contribution >= 0.6 is 0 Å². The van der Waals surface area contributed by atoms with Gasteiger partial charge in [-0.3, -0.25) is 0 Å². The van der Waals surface area contributed by atoms with Crippen molar-refractivity contribution < 1.29 is 41.1 Å². The second-order valence-electron chi connectivity index (χ2n) is 0.658. The smallest absolute Gasteiger partial charge is 0.223 e. The van der Waals surface area contributed by atoms with Gasteiger partial charge in [-0.15, -0.1) is 20.2 Å². The first-order valence-corrected chi connectivity index (χ1v) is 1.57. The summed E-state index contributed by atoms with van der Waals surface area (Å²) in [6, 6.07) is 0. The predicted octanol–water partition coefficient (Wildman–Crippen LogP) is -1.87. The van der Waals surface area contributed by atoms with E-state index in [4.69, 9.17) is 20.2 Å². The third kappa shape index (κ3) is 48.9. The Kier molecular flexibility index (Phi) is 17.7. The summed E-state index contributed by atoms with van der Waals surface area (Å²) in [5, 5.41) is 15.5. The molecule has 0 aliphatic rings. The molecule has 0 atom stereocenters. The fraction of sp³-hybridized carbons (Fsp3) is 0. The first-order chi connectivity index (χ1) is 4.54. The Morgan fingerprint density at radius 2 is 1.09 bits per heavy atom. The molecule has 0 spiro atoms. The van der Waals surface area contributed by atoms with Gasteiger partial charge < -0.3 is 0 Å². The van der Waals surface area contributed by atoms with Gasteiger partial charge in [0.15, 0.2) is 0 Å². The van der Waals surface area contributed by atoms with Crippen LogP contribution in [-0.2, 0) is 30.9 Å². The van der Waals surface area contributed by atoms with Crippen molar-refractivity contribution in [1.82, 2.24) is 0 Å². The fourth-order valence-electron chi connectivity index (χ4n) is 0. The van der Waals surface area contributed by atoms with E-state index in [1.807, 2.05) is 0 Å². The van der Waals surface area contributed by atoms with E-state index in [1.54, 1.807) is 0 Å². The summed E-state index contributed by atoms with van der Waals surface area (Å²) in [6.07, 6.45) is 0. The molecule has 4 N–H and O–H groups in total. The molecule has 11 heteroatoms. The summed E-state index contributed by atoms with van der Waals surface area (Å²) >= 11 is 0. The van der Waals surface area contributed by atoms with Crippen LogP contribution in [0.4, 0.5) is 0 Å². The number of hydrogen-bond acceptors (Lipinski definition) is 8. The van der Waals surface area contributed by atoms with Gasteiger partial charge in [0, 0.05) is 21.1 Å². The van der Waals surface area contributed by atoms with Gasteiger partial charge in [0.25, 0.3) is 0 Å². The van der Waals surface area contributed by atoms with E-state index < -0.39 is 10.2 Å². The van der Waals surface area contributed by atoms with Gasteiger partial charge >= 0.3 is 10.2 Å². The molecule has 11 heavy (non-hydrogen) atoms. The zero-order chi connectivity index (χ0) is 8.57. The maximum absolute atomic E-state index is 8.83. The van der Waals surface area contributed by atoms with Crippen LogP contribution < -0.4 is 11.8 Å². The number of nitrogens with zero attached hydrogens (tertiary/aromatic N) is 2. The molecule has 70 valence electrons. The molecule has 0 bridgehead atoms. The van der Waals surface area contributed by atoms with E-state index >= 15 is 0 Å². The molecule has 0 fully saturated rings. The van der Waals surface area contributed by atoms with Crippen LogP contribution in [0.15, 0.2) is 0 Å². The largest absolute Gasteiger partial charge is 0.311 e. The van der Waals surface area contributed by atoms with Gasteiger partial charge in [-0.1, -0.05) is 0 Å². The normalized spacial score (nSPS) is 6.00. The third-order valence-electron chi connectivity index (χ3n) is 0.172. The van der Waals surface area contributed by atoms with Crippen molar-refractivity contribution in [2.75, 3.05) is 0 Å². The standard InChI is InChI=1S/2H2N2O3.Pt/c2*1-5-2(3)4;/h2*1H2;. The van der Waals surface area contributed by atoms with E-state index in [-0.39, 0.29) is 21.1 Å². The van der Waals surface area contributed by atoms with E-state index in [0.717, 1.165) is 0 Å². The predicted molar refractivity (Wildman–Crippen MR) is 24.5 cm³/mol. The Balaban J connectivity index is -0.000000107. The van der Waals surface area contributed by atoms with E-state index in [1.165, 1.54) is 0 Å². The van der Waals surface area contributed by atoms with E-state index in [9.17, 15) is 0 Å². The van der Waals surface area contributed by atoms with Crippen molar-refractivity contribution in [3.8, 4) is 0 Å². The van der Waals surface area contributed by atoms with Gasteiger partial charge in [-0.05, 0) is 0 Å². The molecule has 10 nitrogen and oxygen atoms in total. The topological polar surface area (TPSA) is 157 Å².